The van der Waals surface area contributed by atoms with E-state index in [-0.39, 0.29) is 31.5 Å². The van der Waals surface area contributed by atoms with Gasteiger partial charge in [-0.3, -0.25) is 4.79 Å². The fourth-order valence-electron chi connectivity index (χ4n) is 1.61. The topological polar surface area (TPSA) is 96.0 Å². The molecule has 0 aromatic carbocycles. The fourth-order valence-corrected chi connectivity index (χ4v) is 1.61. The molecule has 7 nitrogen and oxygen atoms in total. The number of aliphatic hydroxyl groups is 2. The third-order valence-corrected chi connectivity index (χ3v) is 2.56. The molecule has 1 aliphatic rings. The van der Waals surface area contributed by atoms with Crippen LogP contribution in [0.3, 0.4) is 0 Å². The molecule has 1 aromatic rings. The first kappa shape index (κ1) is 11.9. The molecule has 0 bridgehead atoms. The predicted octanol–water partition coefficient (Wildman–Crippen LogP) is -1.07. The first-order valence-corrected chi connectivity index (χ1v) is 5.26. The van der Waals surface area contributed by atoms with Crippen LogP contribution in [0.2, 0.25) is 0 Å². The maximum Gasteiger partial charge on any atom is 0.260 e. The summed E-state index contributed by atoms with van der Waals surface area (Å²) in [6, 6.07) is 1.57. The molecule has 17 heavy (non-hydrogen) atoms. The molecule has 7 heteroatoms. The van der Waals surface area contributed by atoms with E-state index >= 15 is 0 Å². The number of hydrogen-bond acceptors (Lipinski definition) is 6. The number of aromatic nitrogens is 1. The molecule has 2 heterocycles. The number of amides is 1. The van der Waals surface area contributed by atoms with Crippen molar-refractivity contribution in [2.45, 2.75) is 19.1 Å². The molecule has 1 aliphatic heterocycles. The number of aryl methyl sites for hydroxylation is 1. The summed E-state index contributed by atoms with van der Waals surface area (Å²) in [4.78, 5) is 13.0. The number of aliphatic hydroxyl groups excluding tert-OH is 2. The van der Waals surface area contributed by atoms with E-state index in [1.807, 2.05) is 0 Å². The summed E-state index contributed by atoms with van der Waals surface area (Å²) in [5.41, 5.74) is 0. The van der Waals surface area contributed by atoms with E-state index < -0.39 is 12.2 Å². The Morgan fingerprint density at radius 3 is 2.76 bits per heavy atom. The number of hydrogen-bond donors (Lipinski definition) is 2. The van der Waals surface area contributed by atoms with Gasteiger partial charge in [0.25, 0.3) is 11.8 Å². The second-order valence-corrected chi connectivity index (χ2v) is 4.00. The van der Waals surface area contributed by atoms with Crippen molar-refractivity contribution in [2.24, 2.45) is 0 Å². The SMILES string of the molecule is Cc1cc(OCC(=O)N2CC(O)C(O)C2)no1. The molecule has 1 fully saturated rings. The molecule has 1 amide bonds. The van der Waals surface area contributed by atoms with Gasteiger partial charge < -0.3 is 24.4 Å². The van der Waals surface area contributed by atoms with E-state index in [0.29, 0.717) is 5.76 Å². The first-order valence-electron chi connectivity index (χ1n) is 5.26. The van der Waals surface area contributed by atoms with Crippen molar-refractivity contribution in [3.63, 3.8) is 0 Å². The number of carbonyl (C=O) groups excluding carboxylic acids is 1. The number of rotatable bonds is 3. The van der Waals surface area contributed by atoms with Gasteiger partial charge in [0.2, 0.25) is 0 Å². The normalized spacial score (nSPS) is 24.1. The predicted molar refractivity (Wildman–Crippen MR) is 55.3 cm³/mol. The van der Waals surface area contributed by atoms with Crippen LogP contribution in [0, 0.1) is 6.92 Å². The lowest BCUT2D eigenvalue weighted by atomic mass is 10.3. The molecule has 2 N–H and O–H groups in total. The first-order chi connectivity index (χ1) is 8.06. The Morgan fingerprint density at radius 2 is 2.24 bits per heavy atom. The van der Waals surface area contributed by atoms with Crippen LogP contribution in [-0.2, 0) is 4.79 Å². The smallest absolute Gasteiger partial charge is 0.260 e. The highest BCUT2D eigenvalue weighted by molar-refractivity contribution is 5.78. The molecule has 0 radical (unpaired) electrons. The van der Waals surface area contributed by atoms with Gasteiger partial charge in [0.1, 0.15) is 5.76 Å². The van der Waals surface area contributed by atoms with Gasteiger partial charge in [-0.25, -0.2) is 0 Å². The fraction of sp³-hybridized carbons (Fsp3) is 0.600. The standard InChI is InChI=1S/C10H14N2O5/c1-6-2-9(11-17-6)16-5-10(15)12-3-7(13)8(14)4-12/h2,7-8,13-14H,3-5H2,1H3. The summed E-state index contributed by atoms with van der Waals surface area (Å²) in [6.07, 6.45) is -1.76. The van der Waals surface area contributed by atoms with Gasteiger partial charge in [-0.15, -0.1) is 0 Å². The lowest BCUT2D eigenvalue weighted by Crippen LogP contribution is -2.34. The average Bonchev–Trinajstić information content (AvgIpc) is 2.83. The lowest BCUT2D eigenvalue weighted by Gasteiger charge is -2.14. The molecular weight excluding hydrogens is 228 g/mol. The summed E-state index contributed by atoms with van der Waals surface area (Å²) < 4.78 is 9.89. The molecule has 0 aliphatic carbocycles. The molecule has 2 unspecified atom stereocenters. The summed E-state index contributed by atoms with van der Waals surface area (Å²) >= 11 is 0. The van der Waals surface area contributed by atoms with Crippen molar-refractivity contribution in [1.29, 1.82) is 0 Å². The molecule has 1 saturated heterocycles. The Balaban J connectivity index is 1.82. The monoisotopic (exact) mass is 242 g/mol. The average molecular weight is 242 g/mol. The number of likely N-dealkylation sites (tertiary alicyclic amines) is 1. The van der Waals surface area contributed by atoms with Crippen LogP contribution in [0.5, 0.6) is 5.88 Å². The summed E-state index contributed by atoms with van der Waals surface area (Å²) in [5, 5.41) is 22.2. The third-order valence-electron chi connectivity index (χ3n) is 2.56. The summed E-state index contributed by atoms with van der Waals surface area (Å²) in [7, 11) is 0. The lowest BCUT2D eigenvalue weighted by molar-refractivity contribution is -0.132. The molecule has 2 atom stereocenters. The Morgan fingerprint density at radius 1 is 1.59 bits per heavy atom. The second kappa shape index (κ2) is 4.72. The van der Waals surface area contributed by atoms with Gasteiger partial charge in [-0.2, -0.15) is 0 Å². The van der Waals surface area contributed by atoms with Crippen molar-refractivity contribution in [1.82, 2.24) is 10.1 Å². The van der Waals surface area contributed by atoms with Gasteiger partial charge in [0, 0.05) is 19.2 Å². The number of carbonyl (C=O) groups is 1. The van der Waals surface area contributed by atoms with Gasteiger partial charge in [-0.1, -0.05) is 0 Å². The largest absolute Gasteiger partial charge is 0.465 e. The van der Waals surface area contributed by atoms with E-state index in [0.717, 1.165) is 0 Å². The molecule has 0 spiro atoms. The molecule has 2 rings (SSSR count). The highest BCUT2D eigenvalue weighted by atomic mass is 16.5. The Hall–Kier alpha value is -1.60. The molecule has 94 valence electrons. The van der Waals surface area contributed by atoms with Gasteiger partial charge in [0.05, 0.1) is 12.2 Å². The Kier molecular flexibility index (Phi) is 3.30. The van der Waals surface area contributed by atoms with Crippen LogP contribution in [0.4, 0.5) is 0 Å². The van der Waals surface area contributed by atoms with Crippen LogP contribution >= 0.6 is 0 Å². The van der Waals surface area contributed by atoms with Gasteiger partial charge in [0.15, 0.2) is 6.61 Å². The van der Waals surface area contributed by atoms with E-state index in [1.54, 1.807) is 13.0 Å². The maximum atomic E-state index is 11.6. The van der Waals surface area contributed by atoms with Crippen LogP contribution in [0.15, 0.2) is 10.6 Å². The zero-order valence-corrected chi connectivity index (χ0v) is 9.37. The van der Waals surface area contributed by atoms with Crippen molar-refractivity contribution in [3.05, 3.63) is 11.8 Å². The zero-order chi connectivity index (χ0) is 12.4. The van der Waals surface area contributed by atoms with Gasteiger partial charge in [-0.05, 0) is 12.1 Å². The Labute approximate surface area is 97.6 Å². The second-order valence-electron chi connectivity index (χ2n) is 4.00. The van der Waals surface area contributed by atoms with Crippen LogP contribution in [0.25, 0.3) is 0 Å². The van der Waals surface area contributed by atoms with Gasteiger partial charge >= 0.3 is 0 Å². The van der Waals surface area contributed by atoms with Crippen LogP contribution in [-0.4, -0.2) is 58.1 Å². The highest BCUT2D eigenvalue weighted by Crippen LogP contribution is 2.12. The summed E-state index contributed by atoms with van der Waals surface area (Å²) in [5.74, 6) is 0.539. The number of nitrogens with zero attached hydrogens (tertiary/aromatic N) is 2. The van der Waals surface area contributed by atoms with E-state index in [4.69, 9.17) is 9.26 Å². The van der Waals surface area contributed by atoms with Crippen molar-refractivity contribution >= 4 is 5.91 Å². The van der Waals surface area contributed by atoms with Crippen molar-refractivity contribution in [3.8, 4) is 5.88 Å². The summed E-state index contributed by atoms with van der Waals surface area (Å²) in [6.45, 7) is 1.78. The van der Waals surface area contributed by atoms with Crippen molar-refractivity contribution in [2.75, 3.05) is 19.7 Å². The minimum absolute atomic E-state index is 0.126. The quantitative estimate of drug-likeness (QED) is 0.700. The van der Waals surface area contributed by atoms with Crippen LogP contribution in [0.1, 0.15) is 5.76 Å². The number of β-amino-alcohol motifs (C(OH)–C–C–N with tert-alkyl or cyclic N) is 2. The van der Waals surface area contributed by atoms with Crippen LogP contribution < -0.4 is 4.74 Å². The van der Waals surface area contributed by atoms with Crippen molar-refractivity contribution < 1.29 is 24.3 Å². The molecular formula is C10H14N2O5. The minimum atomic E-state index is -0.881. The Bertz CT molecular complexity index is 395. The minimum Gasteiger partial charge on any atom is -0.465 e. The zero-order valence-electron chi connectivity index (χ0n) is 9.37. The van der Waals surface area contributed by atoms with E-state index in [2.05, 4.69) is 5.16 Å². The maximum absolute atomic E-state index is 11.6. The van der Waals surface area contributed by atoms with E-state index in [9.17, 15) is 15.0 Å². The molecule has 1 aromatic heterocycles. The highest BCUT2D eigenvalue weighted by Gasteiger charge is 2.32. The third kappa shape index (κ3) is 2.75. The number of ether oxygens (including phenoxy) is 1. The molecule has 0 saturated carbocycles. The van der Waals surface area contributed by atoms with E-state index in [1.165, 1.54) is 4.90 Å².